The highest BCUT2D eigenvalue weighted by atomic mass is 16.3. The van der Waals surface area contributed by atoms with Crippen LogP contribution in [0.2, 0.25) is 0 Å². The van der Waals surface area contributed by atoms with E-state index < -0.39 is 0 Å². The topological polar surface area (TPSA) is 87.8 Å². The van der Waals surface area contributed by atoms with E-state index in [4.69, 9.17) is 5.26 Å². The molecular weight excluding hydrogens is 270 g/mol. The van der Waals surface area contributed by atoms with Gasteiger partial charge in [-0.3, -0.25) is 9.69 Å². The first-order chi connectivity index (χ1) is 10.1. The summed E-state index contributed by atoms with van der Waals surface area (Å²) < 4.78 is 0. The highest BCUT2D eigenvalue weighted by Gasteiger charge is 2.27. The average molecular weight is 289 g/mol. The number of carbonyl (C=O) groups is 1. The zero-order valence-corrected chi connectivity index (χ0v) is 12.0. The largest absolute Gasteiger partial charge is 0.508 e. The minimum atomic E-state index is -0.298. The van der Waals surface area contributed by atoms with Crippen molar-refractivity contribution in [3.8, 4) is 17.6 Å². The molecule has 0 saturated carbocycles. The van der Waals surface area contributed by atoms with Gasteiger partial charge >= 0.3 is 0 Å². The van der Waals surface area contributed by atoms with Gasteiger partial charge in [-0.1, -0.05) is 6.92 Å². The van der Waals surface area contributed by atoms with E-state index in [1.807, 2.05) is 6.92 Å². The quantitative estimate of drug-likeness (QED) is 0.815. The third-order valence-electron chi connectivity index (χ3n) is 3.79. The maximum Gasteiger partial charge on any atom is 0.257 e. The number of benzene rings is 1. The Kier molecular flexibility index (Phi) is 4.66. The molecule has 1 atom stereocenters. The second-order valence-corrected chi connectivity index (χ2v) is 5.08. The molecule has 1 aromatic carbocycles. The van der Waals surface area contributed by atoms with Crippen molar-refractivity contribution < 1.29 is 15.0 Å². The van der Waals surface area contributed by atoms with E-state index in [1.54, 1.807) is 4.90 Å². The Labute approximate surface area is 123 Å². The van der Waals surface area contributed by atoms with E-state index in [0.29, 0.717) is 26.2 Å². The number of piperazine rings is 1. The van der Waals surface area contributed by atoms with Crippen molar-refractivity contribution in [2.45, 2.75) is 19.4 Å². The van der Waals surface area contributed by atoms with E-state index in [9.17, 15) is 15.0 Å². The van der Waals surface area contributed by atoms with Crippen LogP contribution in [-0.4, -0.2) is 58.1 Å². The third-order valence-corrected chi connectivity index (χ3v) is 3.79. The second-order valence-electron chi connectivity index (χ2n) is 5.08. The average Bonchev–Trinajstić information content (AvgIpc) is 2.51. The summed E-state index contributed by atoms with van der Waals surface area (Å²) in [5.74, 6) is -0.484. The third kappa shape index (κ3) is 3.26. The van der Waals surface area contributed by atoms with Gasteiger partial charge in [0.2, 0.25) is 0 Å². The molecule has 1 unspecified atom stereocenters. The summed E-state index contributed by atoms with van der Waals surface area (Å²) in [5, 5.41) is 28.2. The lowest BCUT2D eigenvalue weighted by molar-refractivity contribution is 0.0601. The Morgan fingerprint density at radius 1 is 1.33 bits per heavy atom. The van der Waals surface area contributed by atoms with E-state index in [1.165, 1.54) is 18.2 Å². The molecule has 1 saturated heterocycles. The van der Waals surface area contributed by atoms with Crippen molar-refractivity contribution in [1.82, 2.24) is 9.80 Å². The van der Waals surface area contributed by atoms with Crippen LogP contribution in [0.15, 0.2) is 18.2 Å². The van der Waals surface area contributed by atoms with Crippen LogP contribution in [0.3, 0.4) is 0 Å². The van der Waals surface area contributed by atoms with Crippen LogP contribution in [0.5, 0.6) is 11.5 Å². The van der Waals surface area contributed by atoms with Crippen LogP contribution >= 0.6 is 0 Å². The summed E-state index contributed by atoms with van der Waals surface area (Å²) >= 11 is 0. The van der Waals surface area contributed by atoms with Crippen LogP contribution in [0.4, 0.5) is 0 Å². The van der Waals surface area contributed by atoms with Gasteiger partial charge in [0.15, 0.2) is 0 Å². The molecule has 1 aromatic rings. The lowest BCUT2D eigenvalue weighted by Crippen LogP contribution is -2.51. The zero-order valence-electron chi connectivity index (χ0n) is 12.0. The maximum absolute atomic E-state index is 12.4. The normalized spacial score (nSPS) is 17.2. The lowest BCUT2D eigenvalue weighted by Gasteiger charge is -2.36. The van der Waals surface area contributed by atoms with E-state index >= 15 is 0 Å². The van der Waals surface area contributed by atoms with Gasteiger partial charge in [0, 0.05) is 26.2 Å². The fraction of sp³-hybridized carbons (Fsp3) is 0.467. The number of hydrogen-bond donors (Lipinski definition) is 2. The molecule has 0 bridgehead atoms. The van der Waals surface area contributed by atoms with Crippen LogP contribution in [0, 0.1) is 11.3 Å². The van der Waals surface area contributed by atoms with Crippen molar-refractivity contribution >= 4 is 5.91 Å². The number of nitriles is 1. The number of aromatic hydroxyl groups is 2. The lowest BCUT2D eigenvalue weighted by atomic mass is 10.1. The van der Waals surface area contributed by atoms with E-state index in [0.717, 1.165) is 6.42 Å². The van der Waals surface area contributed by atoms with Gasteiger partial charge in [0.25, 0.3) is 5.91 Å². The Hall–Kier alpha value is -2.26. The number of hydrogen-bond acceptors (Lipinski definition) is 5. The van der Waals surface area contributed by atoms with Crippen molar-refractivity contribution in [3.05, 3.63) is 23.8 Å². The predicted molar refractivity (Wildman–Crippen MR) is 76.9 cm³/mol. The molecule has 2 N–H and O–H groups in total. The fourth-order valence-corrected chi connectivity index (χ4v) is 2.53. The summed E-state index contributed by atoms with van der Waals surface area (Å²) in [6.07, 6.45) is 0.762. The van der Waals surface area contributed by atoms with Crippen LogP contribution in [0.25, 0.3) is 0 Å². The van der Waals surface area contributed by atoms with Gasteiger partial charge in [0.1, 0.15) is 11.5 Å². The first-order valence-electron chi connectivity index (χ1n) is 7.01. The Morgan fingerprint density at radius 3 is 2.57 bits per heavy atom. The van der Waals surface area contributed by atoms with Crippen molar-refractivity contribution in [2.75, 3.05) is 26.2 Å². The molecule has 112 valence electrons. The Bertz CT molecular complexity index is 560. The molecule has 6 nitrogen and oxygen atoms in total. The maximum atomic E-state index is 12.4. The first kappa shape index (κ1) is 15.1. The molecule has 0 spiro atoms. The minimum Gasteiger partial charge on any atom is -0.508 e. The van der Waals surface area contributed by atoms with Crippen LogP contribution in [0.1, 0.15) is 23.7 Å². The van der Waals surface area contributed by atoms with Crippen LogP contribution in [-0.2, 0) is 0 Å². The molecule has 1 amide bonds. The highest BCUT2D eigenvalue weighted by Crippen LogP contribution is 2.24. The number of amides is 1. The summed E-state index contributed by atoms with van der Waals surface area (Å²) in [5.41, 5.74) is 0.107. The van der Waals surface area contributed by atoms with E-state index in [-0.39, 0.29) is 29.0 Å². The molecule has 1 heterocycles. The van der Waals surface area contributed by atoms with Crippen LogP contribution < -0.4 is 0 Å². The number of nitrogens with zero attached hydrogens (tertiary/aromatic N) is 3. The Balaban J connectivity index is 2.04. The summed E-state index contributed by atoms with van der Waals surface area (Å²) in [7, 11) is 0. The van der Waals surface area contributed by atoms with Gasteiger partial charge in [-0.05, 0) is 24.6 Å². The second kappa shape index (κ2) is 6.46. The molecule has 2 rings (SSSR count). The fourth-order valence-electron chi connectivity index (χ4n) is 2.53. The SMILES string of the molecule is CCC(C#N)N1CCN(C(=O)c2cc(O)ccc2O)CC1. The highest BCUT2D eigenvalue weighted by molar-refractivity contribution is 5.97. The predicted octanol–water partition coefficient (Wildman–Crippen LogP) is 1.16. The van der Waals surface area contributed by atoms with Crippen molar-refractivity contribution in [2.24, 2.45) is 0 Å². The number of phenols is 2. The summed E-state index contributed by atoms with van der Waals surface area (Å²) in [6.45, 7) is 4.25. The first-order valence-corrected chi connectivity index (χ1v) is 7.01. The smallest absolute Gasteiger partial charge is 0.257 e. The molecule has 1 fully saturated rings. The summed E-state index contributed by atoms with van der Waals surface area (Å²) in [6, 6.07) is 6.06. The van der Waals surface area contributed by atoms with Gasteiger partial charge < -0.3 is 15.1 Å². The number of carbonyl (C=O) groups excluding carboxylic acids is 1. The molecule has 0 aliphatic carbocycles. The minimum absolute atomic E-state index is 0.0506. The molecule has 0 radical (unpaired) electrons. The van der Waals surface area contributed by atoms with Gasteiger partial charge in [-0.25, -0.2) is 0 Å². The molecule has 1 aliphatic rings. The van der Waals surface area contributed by atoms with Crippen molar-refractivity contribution in [3.63, 3.8) is 0 Å². The standard InChI is InChI=1S/C15H19N3O3/c1-2-11(10-16)17-5-7-18(8-6-17)15(21)13-9-12(19)3-4-14(13)20/h3-4,9,11,19-20H,2,5-8H2,1H3. The molecular formula is C15H19N3O3. The number of rotatable bonds is 3. The molecule has 6 heteroatoms. The molecule has 21 heavy (non-hydrogen) atoms. The molecule has 1 aliphatic heterocycles. The Morgan fingerprint density at radius 2 is 2.00 bits per heavy atom. The van der Waals surface area contributed by atoms with Gasteiger partial charge in [-0.15, -0.1) is 0 Å². The molecule has 0 aromatic heterocycles. The van der Waals surface area contributed by atoms with Gasteiger partial charge in [0.05, 0.1) is 17.7 Å². The van der Waals surface area contributed by atoms with Crippen molar-refractivity contribution in [1.29, 1.82) is 5.26 Å². The van der Waals surface area contributed by atoms with Gasteiger partial charge in [-0.2, -0.15) is 5.26 Å². The van der Waals surface area contributed by atoms with E-state index in [2.05, 4.69) is 11.0 Å². The summed E-state index contributed by atoms with van der Waals surface area (Å²) in [4.78, 5) is 16.1. The zero-order chi connectivity index (χ0) is 15.4. The number of phenolic OH excluding ortho intramolecular Hbond substituents is 2. The monoisotopic (exact) mass is 289 g/mol.